The van der Waals surface area contributed by atoms with Crippen molar-refractivity contribution in [2.24, 2.45) is 5.10 Å². The van der Waals surface area contributed by atoms with Gasteiger partial charge in [-0.25, -0.2) is 5.43 Å². The number of halogens is 1. The molecule has 1 amide bonds. The third kappa shape index (κ3) is 4.95. The maximum Gasteiger partial charge on any atom is 0.271 e. The lowest BCUT2D eigenvalue weighted by Gasteiger charge is -2.02. The number of nitrogens with zero attached hydrogens (tertiary/aromatic N) is 1. The fourth-order valence-electron chi connectivity index (χ4n) is 1.81. The number of carbonyl (C=O) groups excluding carboxylic acids is 1. The molecule has 0 radical (unpaired) electrons. The molecule has 23 heavy (non-hydrogen) atoms. The van der Waals surface area contributed by atoms with Crippen LogP contribution >= 0.6 is 11.6 Å². The van der Waals surface area contributed by atoms with Gasteiger partial charge in [-0.15, -0.1) is 0 Å². The van der Waals surface area contributed by atoms with Crippen LogP contribution in [0.5, 0.6) is 5.75 Å². The number of aliphatic hydroxyl groups excluding tert-OH is 1. The Kier molecular flexibility index (Phi) is 5.91. The summed E-state index contributed by atoms with van der Waals surface area (Å²) in [6.45, 7) is -0.0242. The van der Waals surface area contributed by atoms with Crippen molar-refractivity contribution < 1.29 is 15.0 Å². The predicted molar refractivity (Wildman–Crippen MR) is 90.7 cm³/mol. The van der Waals surface area contributed by atoms with Crippen molar-refractivity contribution in [1.29, 1.82) is 0 Å². The minimum Gasteiger partial charge on any atom is -0.506 e. The highest BCUT2D eigenvalue weighted by Crippen LogP contribution is 2.23. The second-order valence-electron chi connectivity index (χ2n) is 4.62. The standard InChI is InChI=1S/C17H15ClN2O3/c18-15-10-14(6-7-16(15)22)17(23)20-19-11-13-4-1-3-12(9-13)5-2-8-21/h1-7,9-11,21-22H,8H2,(H,20,23)/b5-2+,19-11+. The molecule has 0 aromatic heterocycles. The summed E-state index contributed by atoms with van der Waals surface area (Å²) in [6, 6.07) is 11.6. The van der Waals surface area contributed by atoms with Gasteiger partial charge in [-0.05, 0) is 35.4 Å². The van der Waals surface area contributed by atoms with Crippen LogP contribution in [0.25, 0.3) is 6.08 Å². The lowest BCUT2D eigenvalue weighted by atomic mass is 10.1. The molecule has 0 heterocycles. The van der Waals surface area contributed by atoms with Crippen LogP contribution in [0.2, 0.25) is 5.02 Å². The van der Waals surface area contributed by atoms with Crippen LogP contribution in [0.1, 0.15) is 21.5 Å². The highest BCUT2D eigenvalue weighted by atomic mass is 35.5. The van der Waals surface area contributed by atoms with Crippen LogP contribution in [0.3, 0.4) is 0 Å². The van der Waals surface area contributed by atoms with E-state index in [0.29, 0.717) is 5.56 Å². The third-order valence-electron chi connectivity index (χ3n) is 2.92. The van der Waals surface area contributed by atoms with Gasteiger partial charge in [-0.3, -0.25) is 4.79 Å². The van der Waals surface area contributed by atoms with E-state index in [9.17, 15) is 9.90 Å². The van der Waals surface area contributed by atoms with Gasteiger partial charge < -0.3 is 10.2 Å². The van der Waals surface area contributed by atoms with E-state index in [1.54, 1.807) is 12.2 Å². The lowest BCUT2D eigenvalue weighted by molar-refractivity contribution is 0.0955. The molecular formula is C17H15ClN2O3. The summed E-state index contributed by atoms with van der Waals surface area (Å²) in [6.07, 6.45) is 4.93. The van der Waals surface area contributed by atoms with E-state index >= 15 is 0 Å². The normalized spacial score (nSPS) is 11.2. The molecule has 2 aromatic rings. The largest absolute Gasteiger partial charge is 0.506 e. The molecule has 2 aromatic carbocycles. The second kappa shape index (κ2) is 8.12. The highest BCUT2D eigenvalue weighted by molar-refractivity contribution is 6.32. The van der Waals surface area contributed by atoms with Crippen molar-refractivity contribution in [3.8, 4) is 5.75 Å². The van der Waals surface area contributed by atoms with Gasteiger partial charge in [-0.1, -0.05) is 42.0 Å². The quantitative estimate of drug-likeness (QED) is 0.582. The van der Waals surface area contributed by atoms with Gasteiger partial charge in [0.15, 0.2) is 0 Å². The second-order valence-corrected chi connectivity index (χ2v) is 5.03. The summed E-state index contributed by atoms with van der Waals surface area (Å²) in [5, 5.41) is 22.1. The molecule has 0 fully saturated rings. The Hall–Kier alpha value is -2.63. The molecule has 0 aliphatic carbocycles. The van der Waals surface area contributed by atoms with Gasteiger partial charge in [0.1, 0.15) is 5.75 Å². The van der Waals surface area contributed by atoms with Crippen molar-refractivity contribution in [3.05, 3.63) is 70.3 Å². The molecule has 5 nitrogen and oxygen atoms in total. The Labute approximate surface area is 138 Å². The number of aliphatic hydroxyl groups is 1. The molecule has 0 unspecified atom stereocenters. The van der Waals surface area contributed by atoms with Crippen molar-refractivity contribution in [2.75, 3.05) is 6.61 Å². The van der Waals surface area contributed by atoms with Gasteiger partial charge in [0, 0.05) is 5.56 Å². The van der Waals surface area contributed by atoms with Gasteiger partial charge in [0.05, 0.1) is 17.8 Å². The molecule has 6 heteroatoms. The Morgan fingerprint density at radius 3 is 2.74 bits per heavy atom. The van der Waals surface area contributed by atoms with Crippen LogP contribution in [-0.4, -0.2) is 28.9 Å². The van der Waals surface area contributed by atoms with E-state index < -0.39 is 5.91 Å². The number of phenols is 1. The molecule has 0 atom stereocenters. The maximum atomic E-state index is 11.9. The van der Waals surface area contributed by atoms with E-state index in [1.807, 2.05) is 24.3 Å². The Bertz CT molecular complexity index is 757. The first-order valence-corrected chi connectivity index (χ1v) is 7.17. The predicted octanol–water partition coefficient (Wildman–Crippen LogP) is 2.82. The van der Waals surface area contributed by atoms with E-state index in [2.05, 4.69) is 10.5 Å². The molecule has 118 valence electrons. The Morgan fingerprint density at radius 1 is 1.22 bits per heavy atom. The first kappa shape index (κ1) is 16.7. The summed E-state index contributed by atoms with van der Waals surface area (Å²) >= 11 is 5.75. The number of benzene rings is 2. The minimum absolute atomic E-state index is 0.0242. The molecular weight excluding hydrogens is 316 g/mol. The van der Waals surface area contributed by atoms with Crippen molar-refractivity contribution in [1.82, 2.24) is 5.43 Å². The molecule has 0 aliphatic rings. The summed E-state index contributed by atoms with van der Waals surface area (Å²) in [5.41, 5.74) is 4.40. The Balaban J connectivity index is 2.02. The molecule has 3 N–H and O–H groups in total. The topological polar surface area (TPSA) is 81.9 Å². The summed E-state index contributed by atoms with van der Waals surface area (Å²) in [4.78, 5) is 11.9. The number of hydrogen-bond donors (Lipinski definition) is 3. The van der Waals surface area contributed by atoms with Crippen molar-refractivity contribution >= 4 is 29.8 Å². The van der Waals surface area contributed by atoms with E-state index in [-0.39, 0.29) is 17.4 Å². The van der Waals surface area contributed by atoms with E-state index in [4.69, 9.17) is 16.7 Å². The van der Waals surface area contributed by atoms with Crippen LogP contribution in [-0.2, 0) is 0 Å². The van der Waals surface area contributed by atoms with E-state index in [0.717, 1.165) is 11.1 Å². The van der Waals surface area contributed by atoms with Crippen LogP contribution < -0.4 is 5.43 Å². The highest BCUT2D eigenvalue weighted by Gasteiger charge is 2.07. The molecule has 0 saturated carbocycles. The monoisotopic (exact) mass is 330 g/mol. The van der Waals surface area contributed by atoms with E-state index in [1.165, 1.54) is 24.4 Å². The number of hydrogen-bond acceptors (Lipinski definition) is 4. The third-order valence-corrected chi connectivity index (χ3v) is 3.22. The fourth-order valence-corrected chi connectivity index (χ4v) is 1.99. The van der Waals surface area contributed by atoms with Crippen molar-refractivity contribution in [3.63, 3.8) is 0 Å². The first-order chi connectivity index (χ1) is 11.1. The summed E-state index contributed by atoms with van der Waals surface area (Å²) in [5.74, 6) is -0.515. The zero-order valence-electron chi connectivity index (χ0n) is 12.1. The van der Waals surface area contributed by atoms with Crippen LogP contribution in [0, 0.1) is 0 Å². The fraction of sp³-hybridized carbons (Fsp3) is 0.0588. The van der Waals surface area contributed by atoms with Gasteiger partial charge in [0.25, 0.3) is 5.91 Å². The van der Waals surface area contributed by atoms with Gasteiger partial charge in [-0.2, -0.15) is 5.10 Å². The van der Waals surface area contributed by atoms with Gasteiger partial charge in [0.2, 0.25) is 0 Å². The molecule has 2 rings (SSSR count). The number of rotatable bonds is 5. The number of nitrogens with one attached hydrogen (secondary N) is 1. The number of amides is 1. The smallest absolute Gasteiger partial charge is 0.271 e. The Morgan fingerprint density at radius 2 is 2.00 bits per heavy atom. The first-order valence-electron chi connectivity index (χ1n) is 6.79. The maximum absolute atomic E-state index is 11.9. The minimum atomic E-state index is -0.431. The average Bonchev–Trinajstić information content (AvgIpc) is 2.55. The average molecular weight is 331 g/mol. The number of aromatic hydroxyl groups is 1. The van der Waals surface area contributed by atoms with Gasteiger partial charge >= 0.3 is 0 Å². The molecule has 0 bridgehead atoms. The number of hydrazone groups is 1. The zero-order valence-corrected chi connectivity index (χ0v) is 12.9. The number of carbonyl (C=O) groups is 1. The van der Waals surface area contributed by atoms with Crippen LogP contribution in [0.4, 0.5) is 0 Å². The van der Waals surface area contributed by atoms with Crippen LogP contribution in [0.15, 0.2) is 53.6 Å². The number of phenolic OH excluding ortho intramolecular Hbond substituents is 1. The summed E-state index contributed by atoms with van der Waals surface area (Å²) < 4.78 is 0. The molecule has 0 aliphatic heterocycles. The molecule has 0 spiro atoms. The zero-order chi connectivity index (χ0) is 16.7. The van der Waals surface area contributed by atoms with Crippen molar-refractivity contribution in [2.45, 2.75) is 0 Å². The lowest BCUT2D eigenvalue weighted by Crippen LogP contribution is -2.17. The summed E-state index contributed by atoms with van der Waals surface area (Å²) in [7, 11) is 0. The molecule has 0 saturated heterocycles. The SMILES string of the molecule is O=C(N/N=C/c1cccc(/C=C/CO)c1)c1ccc(O)c(Cl)c1.